The second-order valence-electron chi connectivity index (χ2n) is 7.36. The fraction of sp³-hybridized carbons (Fsp3) is 0.500. The number of carbonyl (C=O) groups excluding carboxylic acids is 2. The Morgan fingerprint density at radius 1 is 1.24 bits per heavy atom. The standard InChI is InChI=1S/C20H26O8S/c1-4-10-24-18(21)15(29(2,3)23)11-14-16-17(28-20(22)27-16)19(26-14)25-12-13-8-6-5-7-9-13/h4-9,14-17,19,29H,1,10-12H2,2-3H3/t14-,15?,16-,17-,19-/m1/s1. The lowest BCUT2D eigenvalue weighted by Crippen LogP contribution is -2.41. The highest BCUT2D eigenvalue weighted by Gasteiger charge is 2.56. The fourth-order valence-corrected chi connectivity index (χ4v) is 4.64. The third kappa shape index (κ3) is 5.23. The number of esters is 1. The minimum Gasteiger partial charge on any atom is -0.461 e. The maximum absolute atomic E-state index is 12.7. The highest BCUT2D eigenvalue weighted by molar-refractivity contribution is 8.02. The number of hydrogen-bond donors (Lipinski definition) is 1. The van der Waals surface area contributed by atoms with Gasteiger partial charge in [0, 0.05) is 6.42 Å². The van der Waals surface area contributed by atoms with Crippen LogP contribution in [0.4, 0.5) is 4.79 Å². The van der Waals surface area contributed by atoms with E-state index in [0.29, 0.717) is 0 Å². The Labute approximate surface area is 170 Å². The zero-order valence-corrected chi connectivity index (χ0v) is 17.3. The van der Waals surface area contributed by atoms with Crippen molar-refractivity contribution in [3.8, 4) is 0 Å². The topological polar surface area (TPSA) is 97.4 Å². The molecule has 0 aliphatic carbocycles. The van der Waals surface area contributed by atoms with E-state index < -0.39 is 51.9 Å². The van der Waals surface area contributed by atoms with Crippen LogP contribution in [0.1, 0.15) is 12.0 Å². The molecule has 5 atom stereocenters. The molecule has 1 aromatic carbocycles. The highest BCUT2D eigenvalue weighted by Crippen LogP contribution is 2.36. The summed E-state index contributed by atoms with van der Waals surface area (Å²) < 4.78 is 39.9. The normalized spacial score (nSPS) is 27.4. The lowest BCUT2D eigenvalue weighted by atomic mass is 10.1. The molecule has 0 radical (unpaired) electrons. The van der Waals surface area contributed by atoms with Crippen LogP contribution in [0.3, 0.4) is 0 Å². The van der Waals surface area contributed by atoms with Gasteiger partial charge >= 0.3 is 12.1 Å². The van der Waals surface area contributed by atoms with Crippen LogP contribution in [0, 0.1) is 0 Å². The summed E-state index contributed by atoms with van der Waals surface area (Å²) in [5.41, 5.74) is 0.929. The molecule has 2 saturated heterocycles. The van der Waals surface area contributed by atoms with E-state index in [2.05, 4.69) is 6.58 Å². The molecule has 3 rings (SSSR count). The monoisotopic (exact) mass is 426 g/mol. The zero-order valence-electron chi connectivity index (χ0n) is 16.4. The largest absolute Gasteiger partial charge is 0.509 e. The average Bonchev–Trinajstić information content (AvgIpc) is 3.20. The van der Waals surface area contributed by atoms with Gasteiger partial charge in [0.2, 0.25) is 0 Å². The molecular formula is C20H26O8S. The molecule has 2 heterocycles. The van der Waals surface area contributed by atoms with Gasteiger partial charge in [-0.05, 0) is 18.1 Å². The smallest absolute Gasteiger partial charge is 0.461 e. The van der Waals surface area contributed by atoms with Crippen molar-refractivity contribution < 1.29 is 37.5 Å². The predicted octanol–water partition coefficient (Wildman–Crippen LogP) is 1.60. The summed E-state index contributed by atoms with van der Waals surface area (Å²) in [6, 6.07) is 9.47. The minimum absolute atomic E-state index is 0.0216. The van der Waals surface area contributed by atoms with Crippen LogP contribution in [-0.2, 0) is 45.0 Å². The average molecular weight is 426 g/mol. The minimum atomic E-state index is -2.87. The summed E-state index contributed by atoms with van der Waals surface area (Å²) in [7, 11) is -2.87. The van der Waals surface area contributed by atoms with E-state index in [4.69, 9.17) is 23.7 Å². The Kier molecular flexibility index (Phi) is 6.71. The Bertz CT molecular complexity index is 789. The number of thiol groups is 1. The van der Waals surface area contributed by atoms with Crippen LogP contribution in [0.2, 0.25) is 0 Å². The maximum atomic E-state index is 12.7. The van der Waals surface area contributed by atoms with E-state index >= 15 is 0 Å². The number of hydrogen-bond acceptors (Lipinski definition) is 8. The van der Waals surface area contributed by atoms with Crippen LogP contribution < -0.4 is 0 Å². The molecular weight excluding hydrogens is 400 g/mol. The molecule has 0 spiro atoms. The molecule has 0 aromatic heterocycles. The van der Waals surface area contributed by atoms with E-state index in [1.165, 1.54) is 18.6 Å². The SMILES string of the molecule is C=CCOC(=O)C(C[C@H]1O[C@@H](OCc2ccccc2)[C@@H]2OC(=O)O[C@@H]21)[SH](C)(C)=O. The van der Waals surface area contributed by atoms with Gasteiger partial charge in [-0.3, -0.25) is 9.00 Å². The number of rotatable bonds is 9. The van der Waals surface area contributed by atoms with Gasteiger partial charge in [-0.15, -0.1) is 0 Å². The van der Waals surface area contributed by atoms with Crippen LogP contribution in [0.15, 0.2) is 43.0 Å². The maximum Gasteiger partial charge on any atom is 0.509 e. The van der Waals surface area contributed by atoms with Crippen LogP contribution in [0.25, 0.3) is 0 Å². The summed E-state index contributed by atoms with van der Waals surface area (Å²) in [6.07, 6.45) is 0.648. The van der Waals surface area contributed by atoms with E-state index in [9.17, 15) is 13.8 Å². The molecule has 0 amide bonds. The van der Waals surface area contributed by atoms with Gasteiger partial charge in [-0.25, -0.2) is 4.79 Å². The van der Waals surface area contributed by atoms with E-state index in [1.54, 1.807) is 0 Å². The molecule has 0 bridgehead atoms. The highest BCUT2D eigenvalue weighted by atomic mass is 32.2. The Morgan fingerprint density at radius 3 is 2.59 bits per heavy atom. The van der Waals surface area contributed by atoms with Crippen LogP contribution >= 0.6 is 0 Å². The van der Waals surface area contributed by atoms with Gasteiger partial charge in [-0.2, -0.15) is 0 Å². The first-order valence-electron chi connectivity index (χ1n) is 9.30. The first-order chi connectivity index (χ1) is 13.8. The Hall–Kier alpha value is -2.23. The van der Waals surface area contributed by atoms with Crippen molar-refractivity contribution in [3.63, 3.8) is 0 Å². The number of benzene rings is 1. The lowest BCUT2D eigenvalue weighted by Gasteiger charge is -2.27. The lowest BCUT2D eigenvalue weighted by molar-refractivity contribution is -0.175. The Morgan fingerprint density at radius 2 is 1.93 bits per heavy atom. The van der Waals surface area contributed by atoms with Crippen molar-refractivity contribution in [1.82, 2.24) is 0 Å². The van der Waals surface area contributed by atoms with Crippen LogP contribution in [0.5, 0.6) is 0 Å². The van der Waals surface area contributed by atoms with Crippen molar-refractivity contribution in [2.45, 2.75) is 42.9 Å². The van der Waals surface area contributed by atoms with Gasteiger partial charge in [0.05, 0.1) is 6.61 Å². The number of fused-ring (bicyclic) bond motifs is 1. The molecule has 1 unspecified atom stereocenters. The van der Waals surface area contributed by atoms with Crippen molar-refractivity contribution >= 4 is 22.1 Å². The molecule has 8 nitrogen and oxygen atoms in total. The van der Waals surface area contributed by atoms with Crippen molar-refractivity contribution in [2.75, 3.05) is 19.1 Å². The van der Waals surface area contributed by atoms with Gasteiger partial charge in [0.1, 0.15) is 18.0 Å². The van der Waals surface area contributed by atoms with Crippen LogP contribution in [-0.4, -0.2) is 65.3 Å². The number of carbonyl (C=O) groups is 2. The molecule has 9 heteroatoms. The number of ether oxygens (including phenoxy) is 5. The molecule has 2 fully saturated rings. The van der Waals surface area contributed by atoms with E-state index in [0.717, 1.165) is 5.56 Å². The molecule has 0 N–H and O–H groups in total. The summed E-state index contributed by atoms with van der Waals surface area (Å²) in [4.78, 5) is 24.1. The molecule has 1 aromatic rings. The van der Waals surface area contributed by atoms with Gasteiger partial charge in [0.15, 0.2) is 18.5 Å². The summed E-state index contributed by atoms with van der Waals surface area (Å²) >= 11 is 0. The van der Waals surface area contributed by atoms with Gasteiger partial charge in [0.25, 0.3) is 0 Å². The second-order valence-corrected chi connectivity index (χ2v) is 10.9. The molecule has 2 aliphatic rings. The molecule has 160 valence electrons. The summed E-state index contributed by atoms with van der Waals surface area (Å²) in [6.45, 7) is 3.78. The first-order valence-corrected chi connectivity index (χ1v) is 12.0. The van der Waals surface area contributed by atoms with Crippen molar-refractivity contribution in [3.05, 3.63) is 48.6 Å². The quantitative estimate of drug-likeness (QED) is 0.361. The Balaban J connectivity index is 1.70. The third-order valence-corrected chi connectivity index (χ3v) is 6.73. The van der Waals surface area contributed by atoms with Crippen molar-refractivity contribution in [1.29, 1.82) is 0 Å². The van der Waals surface area contributed by atoms with Gasteiger partial charge in [-0.1, -0.05) is 52.9 Å². The second kappa shape index (κ2) is 9.06. The van der Waals surface area contributed by atoms with Crippen molar-refractivity contribution in [2.24, 2.45) is 0 Å². The van der Waals surface area contributed by atoms with E-state index in [-0.39, 0.29) is 19.6 Å². The summed E-state index contributed by atoms with van der Waals surface area (Å²) in [5, 5.41) is -0.903. The predicted molar refractivity (Wildman–Crippen MR) is 106 cm³/mol. The van der Waals surface area contributed by atoms with E-state index in [1.807, 2.05) is 30.3 Å². The third-order valence-electron chi connectivity index (χ3n) is 4.81. The molecule has 0 saturated carbocycles. The molecule has 2 aliphatic heterocycles. The first kappa shape index (κ1) is 21.5. The van der Waals surface area contributed by atoms with Gasteiger partial charge < -0.3 is 23.7 Å². The summed E-state index contributed by atoms with van der Waals surface area (Å²) in [5.74, 6) is -0.600. The molecule has 29 heavy (non-hydrogen) atoms. The fourth-order valence-electron chi connectivity index (χ4n) is 3.35. The zero-order chi connectivity index (χ0) is 21.0.